The normalized spacial score (nSPS) is 34.3. The monoisotopic (exact) mass is 318 g/mol. The number of carbonyl (C=O) groups excluding carboxylic acids is 1. The summed E-state index contributed by atoms with van der Waals surface area (Å²) in [5, 5.41) is 17.4. The predicted octanol–water partition coefficient (Wildman–Crippen LogP) is 0.266. The first-order valence-corrected chi connectivity index (χ1v) is 8.44. The van der Waals surface area contributed by atoms with E-state index in [1.807, 2.05) is 18.2 Å². The lowest BCUT2D eigenvalue weighted by atomic mass is 9.68. The van der Waals surface area contributed by atoms with Gasteiger partial charge in [-0.25, -0.2) is 0 Å². The Labute approximate surface area is 136 Å². The summed E-state index contributed by atoms with van der Waals surface area (Å²) in [5.74, 6) is 0.260. The van der Waals surface area contributed by atoms with Gasteiger partial charge in [0.05, 0.1) is 17.8 Å². The second-order valence-corrected chi connectivity index (χ2v) is 6.86. The van der Waals surface area contributed by atoms with Gasteiger partial charge in [-0.05, 0) is 56.7 Å². The first-order valence-electron chi connectivity index (χ1n) is 8.44. The first kappa shape index (κ1) is 16.4. The van der Waals surface area contributed by atoms with Gasteiger partial charge in [0.25, 0.3) is 0 Å². The van der Waals surface area contributed by atoms with Crippen molar-refractivity contribution in [3.63, 3.8) is 0 Å². The highest BCUT2D eigenvalue weighted by Crippen LogP contribution is 2.43. The van der Waals surface area contributed by atoms with Gasteiger partial charge in [0.1, 0.15) is 5.60 Å². The summed E-state index contributed by atoms with van der Waals surface area (Å²) in [6.45, 7) is 1.71. The molecule has 1 amide bonds. The lowest BCUT2D eigenvalue weighted by Gasteiger charge is -2.44. The first-order chi connectivity index (χ1) is 11.1. The SMILES string of the molecule is NCC(=O)N[C@@]1(C2CCC(O)(c3ccccn3)CC2)CCNC1. The number of carbonyl (C=O) groups is 1. The molecule has 2 heterocycles. The van der Waals surface area contributed by atoms with Crippen molar-refractivity contribution in [1.29, 1.82) is 0 Å². The van der Waals surface area contributed by atoms with Crippen LogP contribution in [0.15, 0.2) is 24.4 Å². The van der Waals surface area contributed by atoms with Gasteiger partial charge in [0, 0.05) is 12.7 Å². The van der Waals surface area contributed by atoms with Gasteiger partial charge in [0.15, 0.2) is 0 Å². The van der Waals surface area contributed by atoms with Crippen LogP contribution >= 0.6 is 0 Å². The second kappa shape index (κ2) is 6.55. The van der Waals surface area contributed by atoms with Crippen molar-refractivity contribution in [3.05, 3.63) is 30.1 Å². The molecule has 2 fully saturated rings. The summed E-state index contributed by atoms with van der Waals surface area (Å²) in [4.78, 5) is 16.2. The number of aliphatic hydroxyl groups is 1. The zero-order valence-electron chi connectivity index (χ0n) is 13.4. The minimum Gasteiger partial charge on any atom is -0.384 e. The second-order valence-electron chi connectivity index (χ2n) is 6.86. The molecular formula is C17H26N4O2. The van der Waals surface area contributed by atoms with Crippen LogP contribution in [0.5, 0.6) is 0 Å². The molecule has 6 heteroatoms. The highest BCUT2D eigenvalue weighted by molar-refractivity contribution is 5.78. The average Bonchev–Trinajstić information content (AvgIpc) is 3.05. The van der Waals surface area contributed by atoms with Crippen molar-refractivity contribution in [3.8, 4) is 0 Å². The van der Waals surface area contributed by atoms with Crippen LogP contribution in [-0.4, -0.2) is 41.2 Å². The Balaban J connectivity index is 1.71. The van der Waals surface area contributed by atoms with E-state index in [1.165, 1.54) is 0 Å². The van der Waals surface area contributed by atoms with E-state index < -0.39 is 5.60 Å². The lowest BCUT2D eigenvalue weighted by molar-refractivity contribution is -0.122. The maximum atomic E-state index is 11.8. The predicted molar refractivity (Wildman–Crippen MR) is 87.5 cm³/mol. The number of rotatable bonds is 4. The molecule has 1 aliphatic carbocycles. The van der Waals surface area contributed by atoms with E-state index in [9.17, 15) is 9.90 Å². The molecule has 126 valence electrons. The van der Waals surface area contributed by atoms with E-state index in [4.69, 9.17) is 5.73 Å². The fraction of sp³-hybridized carbons (Fsp3) is 0.647. The molecule has 1 saturated carbocycles. The van der Waals surface area contributed by atoms with Crippen molar-refractivity contribution < 1.29 is 9.90 Å². The summed E-state index contributed by atoms with van der Waals surface area (Å²) >= 11 is 0. The van der Waals surface area contributed by atoms with Crippen molar-refractivity contribution >= 4 is 5.91 Å². The molecule has 3 rings (SSSR count). The molecule has 1 aliphatic heterocycles. The molecule has 6 nitrogen and oxygen atoms in total. The standard InChI is InChI=1S/C17H26N4O2/c18-11-15(22)21-16(8-10-19-12-16)13-4-6-17(23,7-5-13)14-3-1-2-9-20-14/h1-3,9,13,19,23H,4-8,10-12,18H2,(H,21,22)/t13?,16-,17?/m0/s1. The third-order valence-electron chi connectivity index (χ3n) is 5.50. The number of nitrogens with zero attached hydrogens (tertiary/aromatic N) is 1. The van der Waals surface area contributed by atoms with Crippen molar-refractivity contribution in [2.24, 2.45) is 11.7 Å². The number of hydrogen-bond acceptors (Lipinski definition) is 5. The van der Waals surface area contributed by atoms with Crippen LogP contribution in [0, 0.1) is 5.92 Å². The molecule has 1 aromatic heterocycles. The molecule has 0 unspecified atom stereocenters. The summed E-state index contributed by atoms with van der Waals surface area (Å²) in [7, 11) is 0. The average molecular weight is 318 g/mol. The molecular weight excluding hydrogens is 292 g/mol. The van der Waals surface area contributed by atoms with Crippen LogP contribution in [0.2, 0.25) is 0 Å². The van der Waals surface area contributed by atoms with Crippen LogP contribution in [0.1, 0.15) is 37.8 Å². The zero-order valence-corrected chi connectivity index (χ0v) is 13.4. The Hall–Kier alpha value is -1.50. The summed E-state index contributed by atoms with van der Waals surface area (Å²) < 4.78 is 0. The molecule has 5 N–H and O–H groups in total. The van der Waals surface area contributed by atoms with Gasteiger partial charge in [-0.3, -0.25) is 9.78 Å². The van der Waals surface area contributed by atoms with E-state index in [1.54, 1.807) is 6.20 Å². The number of nitrogens with two attached hydrogens (primary N) is 1. The lowest BCUT2D eigenvalue weighted by Crippen LogP contribution is -2.58. The summed E-state index contributed by atoms with van der Waals surface area (Å²) in [5.41, 5.74) is 5.17. The fourth-order valence-electron chi connectivity index (χ4n) is 4.14. The maximum absolute atomic E-state index is 11.8. The minimum absolute atomic E-state index is 0.0202. The highest BCUT2D eigenvalue weighted by atomic mass is 16.3. The van der Waals surface area contributed by atoms with Crippen molar-refractivity contribution in [2.45, 2.75) is 43.2 Å². The molecule has 1 atom stereocenters. The molecule has 0 aromatic carbocycles. The molecule has 0 bridgehead atoms. The largest absolute Gasteiger partial charge is 0.384 e. The number of hydrogen-bond donors (Lipinski definition) is 4. The van der Waals surface area contributed by atoms with E-state index in [0.717, 1.165) is 38.0 Å². The van der Waals surface area contributed by atoms with Gasteiger partial charge >= 0.3 is 0 Å². The Morgan fingerprint density at radius 2 is 2.17 bits per heavy atom. The van der Waals surface area contributed by atoms with Crippen LogP contribution in [0.3, 0.4) is 0 Å². The highest BCUT2D eigenvalue weighted by Gasteiger charge is 2.46. The summed E-state index contributed by atoms with van der Waals surface area (Å²) in [6, 6.07) is 5.67. The number of amides is 1. The minimum atomic E-state index is -0.844. The molecule has 1 aromatic rings. The number of pyridine rings is 1. The van der Waals surface area contributed by atoms with E-state index in [-0.39, 0.29) is 18.0 Å². The Kier molecular flexibility index (Phi) is 4.66. The van der Waals surface area contributed by atoms with Crippen LogP contribution in [0.25, 0.3) is 0 Å². The van der Waals surface area contributed by atoms with Gasteiger partial charge in [0.2, 0.25) is 5.91 Å². The Bertz CT molecular complexity index is 535. The summed E-state index contributed by atoms with van der Waals surface area (Å²) in [6.07, 6.45) is 5.75. The molecule has 1 saturated heterocycles. The van der Waals surface area contributed by atoms with Crippen molar-refractivity contribution in [2.75, 3.05) is 19.6 Å². The molecule has 0 spiro atoms. The smallest absolute Gasteiger partial charge is 0.234 e. The quantitative estimate of drug-likeness (QED) is 0.638. The van der Waals surface area contributed by atoms with Gasteiger partial charge < -0.3 is 21.5 Å². The van der Waals surface area contributed by atoms with Crippen LogP contribution < -0.4 is 16.4 Å². The molecule has 2 aliphatic rings. The number of aromatic nitrogens is 1. The van der Waals surface area contributed by atoms with Crippen LogP contribution in [-0.2, 0) is 10.4 Å². The Morgan fingerprint density at radius 3 is 2.74 bits per heavy atom. The molecule has 0 radical (unpaired) electrons. The van der Waals surface area contributed by atoms with Crippen LogP contribution in [0.4, 0.5) is 0 Å². The van der Waals surface area contributed by atoms with Gasteiger partial charge in [-0.2, -0.15) is 0 Å². The van der Waals surface area contributed by atoms with E-state index >= 15 is 0 Å². The van der Waals surface area contributed by atoms with Gasteiger partial charge in [-0.15, -0.1) is 0 Å². The Morgan fingerprint density at radius 1 is 1.39 bits per heavy atom. The maximum Gasteiger partial charge on any atom is 0.234 e. The zero-order chi connectivity index (χ0) is 16.3. The van der Waals surface area contributed by atoms with Gasteiger partial charge in [-0.1, -0.05) is 6.07 Å². The van der Waals surface area contributed by atoms with E-state index in [0.29, 0.717) is 18.8 Å². The number of nitrogens with one attached hydrogen (secondary N) is 2. The third-order valence-corrected chi connectivity index (χ3v) is 5.50. The molecule has 23 heavy (non-hydrogen) atoms. The van der Waals surface area contributed by atoms with Crippen molar-refractivity contribution in [1.82, 2.24) is 15.6 Å². The third kappa shape index (κ3) is 3.24. The fourth-order valence-corrected chi connectivity index (χ4v) is 4.14. The topological polar surface area (TPSA) is 100 Å². The van der Waals surface area contributed by atoms with E-state index in [2.05, 4.69) is 15.6 Å².